The summed E-state index contributed by atoms with van der Waals surface area (Å²) in [6.45, 7) is 0. The predicted molar refractivity (Wildman–Crippen MR) is 113 cm³/mol. The van der Waals surface area contributed by atoms with Crippen molar-refractivity contribution in [3.8, 4) is 0 Å². The highest BCUT2D eigenvalue weighted by molar-refractivity contribution is 7.99. The number of nitro groups is 1. The van der Waals surface area contributed by atoms with Gasteiger partial charge in [0.05, 0.1) is 16.0 Å². The Balaban J connectivity index is 1.40. The zero-order chi connectivity index (χ0) is 20.2. The molecule has 0 aliphatic carbocycles. The molecule has 0 radical (unpaired) electrons. The Kier molecular flexibility index (Phi) is 5.41. The van der Waals surface area contributed by atoms with E-state index in [1.54, 1.807) is 18.2 Å². The first-order chi connectivity index (χ1) is 14.1. The average Bonchev–Trinajstić information content (AvgIpc) is 3.34. The van der Waals surface area contributed by atoms with E-state index >= 15 is 0 Å². The third-order valence-electron chi connectivity index (χ3n) is 3.86. The van der Waals surface area contributed by atoms with E-state index in [1.807, 2.05) is 36.4 Å². The molecule has 0 aliphatic heterocycles. The van der Waals surface area contributed by atoms with Crippen LogP contribution < -0.4 is 5.43 Å². The summed E-state index contributed by atoms with van der Waals surface area (Å²) in [6, 6.07) is 19.5. The van der Waals surface area contributed by atoms with E-state index in [0.29, 0.717) is 16.0 Å². The van der Waals surface area contributed by atoms with E-state index in [-0.39, 0.29) is 5.69 Å². The van der Waals surface area contributed by atoms with Gasteiger partial charge in [0.2, 0.25) is 0 Å². The molecule has 0 spiro atoms. The molecule has 0 aliphatic rings. The molecule has 0 saturated carbocycles. The molecule has 2 heterocycles. The van der Waals surface area contributed by atoms with Crippen molar-refractivity contribution in [3.63, 3.8) is 0 Å². The average molecular weight is 423 g/mol. The van der Waals surface area contributed by atoms with Crippen molar-refractivity contribution in [2.75, 3.05) is 0 Å². The van der Waals surface area contributed by atoms with Gasteiger partial charge in [0, 0.05) is 27.1 Å². The number of nitrogens with zero attached hydrogens (tertiary/aromatic N) is 2. The number of furan rings is 1. The molecule has 0 fully saturated rings. The van der Waals surface area contributed by atoms with Crippen LogP contribution in [0.4, 0.5) is 5.69 Å². The Hall–Kier alpha value is -3.43. The number of carbonyl (C=O) groups excluding carboxylic acids is 1. The molecule has 29 heavy (non-hydrogen) atoms. The SMILES string of the molecule is O=C(NN=Cc1ccc(Sc2ccccc2)o1)c1cc2cc([N+](=O)[O-])ccc2s1. The van der Waals surface area contributed by atoms with Crippen LogP contribution in [0.1, 0.15) is 15.4 Å². The van der Waals surface area contributed by atoms with Gasteiger partial charge in [0.25, 0.3) is 11.6 Å². The number of benzene rings is 2. The van der Waals surface area contributed by atoms with Crippen molar-refractivity contribution in [2.45, 2.75) is 9.99 Å². The summed E-state index contributed by atoms with van der Waals surface area (Å²) < 4.78 is 6.45. The Morgan fingerprint density at radius 1 is 1.14 bits per heavy atom. The summed E-state index contributed by atoms with van der Waals surface area (Å²) in [4.78, 5) is 24.2. The normalized spacial score (nSPS) is 11.2. The van der Waals surface area contributed by atoms with Gasteiger partial charge in [0.15, 0.2) is 5.09 Å². The van der Waals surface area contributed by atoms with Crippen LogP contribution in [0, 0.1) is 10.1 Å². The van der Waals surface area contributed by atoms with E-state index in [2.05, 4.69) is 10.5 Å². The number of hydrazone groups is 1. The lowest BCUT2D eigenvalue weighted by atomic mass is 10.2. The third kappa shape index (κ3) is 4.53. The lowest BCUT2D eigenvalue weighted by Crippen LogP contribution is -2.15. The monoisotopic (exact) mass is 423 g/mol. The van der Waals surface area contributed by atoms with E-state index in [4.69, 9.17) is 4.42 Å². The number of hydrogen-bond acceptors (Lipinski definition) is 7. The van der Waals surface area contributed by atoms with E-state index in [0.717, 1.165) is 14.7 Å². The maximum Gasteiger partial charge on any atom is 0.281 e. The van der Waals surface area contributed by atoms with Crippen LogP contribution in [0.3, 0.4) is 0 Å². The maximum absolute atomic E-state index is 12.3. The summed E-state index contributed by atoms with van der Waals surface area (Å²) in [6.07, 6.45) is 1.42. The summed E-state index contributed by atoms with van der Waals surface area (Å²) >= 11 is 2.73. The Bertz CT molecular complexity index is 1210. The number of nitro benzene ring substituents is 1. The van der Waals surface area contributed by atoms with Gasteiger partial charge in [-0.2, -0.15) is 5.10 Å². The molecular formula is C20H13N3O4S2. The highest BCUT2D eigenvalue weighted by atomic mass is 32.2. The number of rotatable bonds is 6. The number of fused-ring (bicyclic) bond motifs is 1. The van der Waals surface area contributed by atoms with Crippen molar-refractivity contribution in [1.29, 1.82) is 0 Å². The van der Waals surface area contributed by atoms with Crippen LogP contribution in [0.25, 0.3) is 10.1 Å². The third-order valence-corrected chi connectivity index (χ3v) is 5.90. The molecule has 0 atom stereocenters. The number of thiophene rings is 1. The Morgan fingerprint density at radius 3 is 2.76 bits per heavy atom. The standard InChI is InChI=1S/C20H13N3O4S2/c24-20(18-11-13-10-14(23(25)26)6-8-17(13)29-18)22-21-12-15-7-9-19(27-15)28-16-4-2-1-3-5-16/h1-12H,(H,22,24). The molecule has 144 valence electrons. The van der Waals surface area contributed by atoms with Crippen LogP contribution in [0.15, 0.2) is 86.2 Å². The van der Waals surface area contributed by atoms with E-state index in [1.165, 1.54) is 41.4 Å². The van der Waals surface area contributed by atoms with Gasteiger partial charge in [0.1, 0.15) is 5.76 Å². The molecule has 7 nitrogen and oxygen atoms in total. The Labute approximate surface area is 173 Å². The molecule has 0 unspecified atom stereocenters. The molecule has 1 N–H and O–H groups in total. The maximum atomic E-state index is 12.3. The lowest BCUT2D eigenvalue weighted by Gasteiger charge is -1.96. The smallest absolute Gasteiger partial charge is 0.281 e. The number of amides is 1. The fraction of sp³-hybridized carbons (Fsp3) is 0. The minimum atomic E-state index is -0.463. The van der Waals surface area contributed by atoms with Gasteiger partial charge >= 0.3 is 0 Å². The van der Waals surface area contributed by atoms with Crippen molar-refractivity contribution in [1.82, 2.24) is 5.43 Å². The molecular weight excluding hydrogens is 410 g/mol. The minimum Gasteiger partial charge on any atom is -0.448 e. The largest absolute Gasteiger partial charge is 0.448 e. The molecule has 4 aromatic rings. The second-order valence-electron chi connectivity index (χ2n) is 5.86. The van der Waals surface area contributed by atoms with Crippen LogP contribution in [-0.2, 0) is 0 Å². The van der Waals surface area contributed by atoms with Crippen LogP contribution in [0.2, 0.25) is 0 Å². The number of nitrogens with one attached hydrogen (secondary N) is 1. The minimum absolute atomic E-state index is 0.0118. The van der Waals surface area contributed by atoms with Gasteiger partial charge < -0.3 is 4.42 Å². The number of hydrogen-bond donors (Lipinski definition) is 1. The fourth-order valence-corrected chi connectivity index (χ4v) is 4.26. The van der Waals surface area contributed by atoms with Crippen LogP contribution in [-0.4, -0.2) is 17.0 Å². The first-order valence-electron chi connectivity index (χ1n) is 8.42. The number of carbonyl (C=O) groups is 1. The first-order valence-corrected chi connectivity index (χ1v) is 10.1. The molecule has 2 aromatic heterocycles. The molecule has 1 amide bonds. The van der Waals surface area contributed by atoms with Crippen molar-refractivity contribution in [3.05, 3.63) is 87.5 Å². The van der Waals surface area contributed by atoms with Gasteiger partial charge in [-0.15, -0.1) is 11.3 Å². The second kappa shape index (κ2) is 8.29. The summed E-state index contributed by atoms with van der Waals surface area (Å²) in [5.41, 5.74) is 2.43. The van der Waals surface area contributed by atoms with Crippen LogP contribution in [0.5, 0.6) is 0 Å². The van der Waals surface area contributed by atoms with Gasteiger partial charge in [-0.05, 0) is 36.4 Å². The fourth-order valence-electron chi connectivity index (χ4n) is 2.53. The van der Waals surface area contributed by atoms with Gasteiger partial charge in [-0.25, -0.2) is 5.43 Å². The predicted octanol–water partition coefficient (Wildman–Crippen LogP) is 5.32. The van der Waals surface area contributed by atoms with Crippen molar-refractivity contribution in [2.24, 2.45) is 5.10 Å². The quantitative estimate of drug-likeness (QED) is 0.257. The molecule has 0 saturated heterocycles. The summed E-state index contributed by atoms with van der Waals surface area (Å²) in [7, 11) is 0. The van der Waals surface area contributed by atoms with Gasteiger partial charge in [-0.3, -0.25) is 14.9 Å². The Morgan fingerprint density at radius 2 is 1.97 bits per heavy atom. The molecule has 9 heteroatoms. The highest BCUT2D eigenvalue weighted by Crippen LogP contribution is 2.29. The summed E-state index contributed by atoms with van der Waals surface area (Å²) in [5.74, 6) is 0.117. The van der Waals surface area contributed by atoms with Crippen LogP contribution >= 0.6 is 23.1 Å². The van der Waals surface area contributed by atoms with Crippen molar-refractivity contribution >= 4 is 51.0 Å². The van der Waals surface area contributed by atoms with Gasteiger partial charge in [-0.1, -0.05) is 30.0 Å². The first kappa shape index (κ1) is 18.9. The van der Waals surface area contributed by atoms with Crippen molar-refractivity contribution < 1.29 is 14.1 Å². The number of non-ortho nitro benzene ring substituents is 1. The van der Waals surface area contributed by atoms with E-state index < -0.39 is 10.8 Å². The zero-order valence-electron chi connectivity index (χ0n) is 14.8. The zero-order valence-corrected chi connectivity index (χ0v) is 16.4. The molecule has 4 rings (SSSR count). The molecule has 2 aromatic carbocycles. The molecule has 0 bridgehead atoms. The topological polar surface area (TPSA) is 97.7 Å². The lowest BCUT2D eigenvalue weighted by molar-refractivity contribution is -0.384. The summed E-state index contributed by atoms with van der Waals surface area (Å²) in [5, 5.41) is 16.2. The van der Waals surface area contributed by atoms with E-state index in [9.17, 15) is 14.9 Å². The highest BCUT2D eigenvalue weighted by Gasteiger charge is 2.13. The second-order valence-corrected chi connectivity index (χ2v) is 8.02.